The number of carbonyl (C=O) groups is 1. The first-order valence-corrected chi connectivity index (χ1v) is 5.55. The van der Waals surface area contributed by atoms with Gasteiger partial charge in [0.05, 0.1) is 18.2 Å². The molecule has 0 aliphatic carbocycles. The van der Waals surface area contributed by atoms with E-state index in [4.69, 9.17) is 10.4 Å². The number of anilines is 1. The van der Waals surface area contributed by atoms with Crippen LogP contribution in [0.5, 0.6) is 0 Å². The highest BCUT2D eigenvalue weighted by Gasteiger charge is 2.29. The van der Waals surface area contributed by atoms with Crippen molar-refractivity contribution in [1.82, 2.24) is 0 Å². The van der Waals surface area contributed by atoms with Gasteiger partial charge in [-0.05, 0) is 41.1 Å². The van der Waals surface area contributed by atoms with E-state index < -0.39 is 11.6 Å². The van der Waals surface area contributed by atoms with Crippen LogP contribution in [0.25, 0.3) is 0 Å². The van der Waals surface area contributed by atoms with Crippen LogP contribution in [0.2, 0.25) is 0 Å². The largest absolute Gasteiger partial charge is 0.479 e. The average molecular weight is 299 g/mol. The SMILES string of the molecule is CC(O)(CNc1ccc(C#N)cc1Br)C(=O)O. The van der Waals surface area contributed by atoms with Gasteiger partial charge in [0, 0.05) is 10.2 Å². The van der Waals surface area contributed by atoms with Crippen molar-refractivity contribution in [2.75, 3.05) is 11.9 Å². The lowest BCUT2D eigenvalue weighted by Crippen LogP contribution is -2.41. The third kappa shape index (κ3) is 3.44. The van der Waals surface area contributed by atoms with E-state index in [1.165, 1.54) is 6.92 Å². The number of carboxylic acid groups (broad SMARTS) is 1. The maximum Gasteiger partial charge on any atom is 0.337 e. The summed E-state index contributed by atoms with van der Waals surface area (Å²) in [6.07, 6.45) is 0. The summed E-state index contributed by atoms with van der Waals surface area (Å²) < 4.78 is 0.637. The third-order valence-electron chi connectivity index (χ3n) is 2.18. The van der Waals surface area contributed by atoms with Crippen LogP contribution in [0.4, 0.5) is 5.69 Å². The number of nitriles is 1. The lowest BCUT2D eigenvalue weighted by molar-refractivity contribution is -0.155. The van der Waals surface area contributed by atoms with Gasteiger partial charge in [0.15, 0.2) is 5.60 Å². The van der Waals surface area contributed by atoms with Gasteiger partial charge in [0.2, 0.25) is 0 Å². The fourth-order valence-corrected chi connectivity index (χ4v) is 1.59. The molecule has 0 amide bonds. The highest BCUT2D eigenvalue weighted by molar-refractivity contribution is 9.10. The number of halogens is 1. The van der Waals surface area contributed by atoms with E-state index in [1.807, 2.05) is 6.07 Å². The van der Waals surface area contributed by atoms with Gasteiger partial charge in [0.1, 0.15) is 0 Å². The van der Waals surface area contributed by atoms with Crippen molar-refractivity contribution in [3.63, 3.8) is 0 Å². The second kappa shape index (κ2) is 5.17. The fourth-order valence-electron chi connectivity index (χ4n) is 1.07. The first kappa shape index (κ1) is 13.5. The first-order valence-electron chi connectivity index (χ1n) is 4.76. The van der Waals surface area contributed by atoms with Gasteiger partial charge in [0.25, 0.3) is 0 Å². The summed E-state index contributed by atoms with van der Waals surface area (Å²) in [5.74, 6) is -1.30. The lowest BCUT2D eigenvalue weighted by Gasteiger charge is -2.19. The Balaban J connectivity index is 2.78. The Kier molecular flexibility index (Phi) is 4.10. The minimum atomic E-state index is -1.84. The van der Waals surface area contributed by atoms with Crippen molar-refractivity contribution >= 4 is 27.6 Å². The Labute approximate surface area is 107 Å². The Bertz CT molecular complexity index is 480. The highest BCUT2D eigenvalue weighted by atomic mass is 79.9. The standard InChI is InChI=1S/C11H11BrN2O3/c1-11(17,10(15)16)6-14-9-3-2-7(5-13)4-8(9)12/h2-4,14,17H,6H2,1H3,(H,15,16). The van der Waals surface area contributed by atoms with E-state index in [2.05, 4.69) is 21.2 Å². The van der Waals surface area contributed by atoms with E-state index in [0.29, 0.717) is 15.7 Å². The van der Waals surface area contributed by atoms with Crippen LogP contribution in [-0.2, 0) is 4.79 Å². The van der Waals surface area contributed by atoms with E-state index in [0.717, 1.165) is 0 Å². The lowest BCUT2D eigenvalue weighted by atomic mass is 10.1. The van der Waals surface area contributed by atoms with Gasteiger partial charge < -0.3 is 15.5 Å². The zero-order chi connectivity index (χ0) is 13.1. The molecule has 1 unspecified atom stereocenters. The minimum absolute atomic E-state index is 0.132. The number of nitrogens with zero attached hydrogens (tertiary/aromatic N) is 1. The van der Waals surface area contributed by atoms with Crippen LogP contribution >= 0.6 is 15.9 Å². The van der Waals surface area contributed by atoms with Crippen molar-refractivity contribution < 1.29 is 15.0 Å². The van der Waals surface area contributed by atoms with Crippen LogP contribution in [0.15, 0.2) is 22.7 Å². The van der Waals surface area contributed by atoms with Crippen LogP contribution in [0.3, 0.4) is 0 Å². The molecule has 0 heterocycles. The molecule has 90 valence electrons. The number of aliphatic carboxylic acids is 1. The van der Waals surface area contributed by atoms with Gasteiger partial charge in [-0.3, -0.25) is 0 Å². The summed E-state index contributed by atoms with van der Waals surface area (Å²) in [7, 11) is 0. The molecule has 1 aromatic carbocycles. The summed E-state index contributed by atoms with van der Waals surface area (Å²) in [6, 6.07) is 6.83. The number of rotatable bonds is 4. The van der Waals surface area contributed by atoms with Crippen molar-refractivity contribution in [1.29, 1.82) is 5.26 Å². The van der Waals surface area contributed by atoms with Gasteiger partial charge in [-0.1, -0.05) is 0 Å². The average Bonchev–Trinajstić information content (AvgIpc) is 2.27. The molecule has 1 atom stereocenters. The summed E-state index contributed by atoms with van der Waals surface area (Å²) >= 11 is 3.25. The van der Waals surface area contributed by atoms with Crippen molar-refractivity contribution in [2.24, 2.45) is 0 Å². The highest BCUT2D eigenvalue weighted by Crippen LogP contribution is 2.23. The van der Waals surface area contributed by atoms with Crippen molar-refractivity contribution in [3.05, 3.63) is 28.2 Å². The predicted molar refractivity (Wildman–Crippen MR) is 65.6 cm³/mol. The van der Waals surface area contributed by atoms with Gasteiger partial charge >= 0.3 is 5.97 Å². The van der Waals surface area contributed by atoms with Crippen LogP contribution in [-0.4, -0.2) is 28.3 Å². The number of hydrogen-bond donors (Lipinski definition) is 3. The molecular weight excluding hydrogens is 288 g/mol. The van der Waals surface area contributed by atoms with Gasteiger partial charge in [-0.2, -0.15) is 5.26 Å². The monoisotopic (exact) mass is 298 g/mol. The number of aliphatic hydroxyl groups is 1. The van der Waals surface area contributed by atoms with Crippen LogP contribution in [0.1, 0.15) is 12.5 Å². The maximum absolute atomic E-state index is 10.7. The quantitative estimate of drug-likeness (QED) is 0.784. The molecule has 1 aromatic rings. The molecule has 0 spiro atoms. The summed E-state index contributed by atoms with van der Waals surface area (Å²) in [5, 5.41) is 29.7. The molecular formula is C11H11BrN2O3. The van der Waals surface area contributed by atoms with E-state index in [1.54, 1.807) is 18.2 Å². The molecule has 0 aliphatic rings. The Morgan fingerprint density at radius 2 is 2.29 bits per heavy atom. The molecule has 0 radical (unpaired) electrons. The Hall–Kier alpha value is -1.58. The molecule has 0 saturated heterocycles. The van der Waals surface area contributed by atoms with E-state index >= 15 is 0 Å². The summed E-state index contributed by atoms with van der Waals surface area (Å²) in [5.41, 5.74) is -0.731. The number of benzene rings is 1. The third-order valence-corrected chi connectivity index (χ3v) is 2.84. The number of hydrogen-bond acceptors (Lipinski definition) is 4. The molecule has 6 heteroatoms. The second-order valence-corrected chi connectivity index (χ2v) is 4.59. The summed E-state index contributed by atoms with van der Waals surface area (Å²) in [4.78, 5) is 10.7. The molecule has 0 fully saturated rings. The second-order valence-electron chi connectivity index (χ2n) is 3.74. The minimum Gasteiger partial charge on any atom is -0.479 e. The molecule has 3 N–H and O–H groups in total. The molecule has 5 nitrogen and oxygen atoms in total. The van der Waals surface area contributed by atoms with Gasteiger partial charge in [-0.15, -0.1) is 0 Å². The molecule has 0 bridgehead atoms. The zero-order valence-electron chi connectivity index (χ0n) is 9.07. The molecule has 1 rings (SSSR count). The molecule has 0 aliphatic heterocycles. The Morgan fingerprint density at radius 3 is 2.76 bits per heavy atom. The van der Waals surface area contributed by atoms with E-state index in [9.17, 15) is 9.90 Å². The van der Waals surface area contributed by atoms with Crippen molar-refractivity contribution in [3.8, 4) is 6.07 Å². The first-order chi connectivity index (χ1) is 7.86. The maximum atomic E-state index is 10.7. The smallest absolute Gasteiger partial charge is 0.337 e. The van der Waals surface area contributed by atoms with Crippen molar-refractivity contribution in [2.45, 2.75) is 12.5 Å². The van der Waals surface area contributed by atoms with Crippen LogP contribution in [0, 0.1) is 11.3 Å². The zero-order valence-corrected chi connectivity index (χ0v) is 10.7. The predicted octanol–water partition coefficient (Wildman–Crippen LogP) is 1.57. The molecule has 0 aromatic heterocycles. The molecule has 0 saturated carbocycles. The number of carboxylic acids is 1. The summed E-state index contributed by atoms with van der Waals surface area (Å²) in [6.45, 7) is 1.08. The topological polar surface area (TPSA) is 93.4 Å². The Morgan fingerprint density at radius 1 is 1.65 bits per heavy atom. The van der Waals surface area contributed by atoms with Crippen LogP contribution < -0.4 is 5.32 Å². The number of nitrogens with one attached hydrogen (secondary N) is 1. The van der Waals surface area contributed by atoms with Gasteiger partial charge in [-0.25, -0.2) is 4.79 Å². The normalized spacial score (nSPS) is 13.5. The van der Waals surface area contributed by atoms with E-state index in [-0.39, 0.29) is 6.54 Å². The fraction of sp³-hybridized carbons (Fsp3) is 0.273. The molecule has 17 heavy (non-hydrogen) atoms.